The largest absolute Gasteiger partial charge is 0.496 e. The van der Waals surface area contributed by atoms with E-state index in [1.165, 1.54) is 29.2 Å². The van der Waals surface area contributed by atoms with E-state index in [0.717, 1.165) is 0 Å². The van der Waals surface area contributed by atoms with Crippen LogP contribution in [0.25, 0.3) is 0 Å². The quantitative estimate of drug-likeness (QED) is 0.315. The van der Waals surface area contributed by atoms with Crippen LogP contribution in [0, 0.1) is 16.0 Å². The molecule has 0 radical (unpaired) electrons. The molecule has 2 aliphatic rings. The minimum atomic E-state index is -1.04. The maximum absolute atomic E-state index is 13.6. The second-order valence-electron chi connectivity index (χ2n) is 8.08. The summed E-state index contributed by atoms with van der Waals surface area (Å²) in [6.07, 6.45) is -1.04. The lowest BCUT2D eigenvalue weighted by molar-refractivity contribution is -0.384. The van der Waals surface area contributed by atoms with Gasteiger partial charge in [-0.05, 0) is 23.8 Å². The second-order valence-corrected chi connectivity index (χ2v) is 8.08. The molecule has 34 heavy (non-hydrogen) atoms. The number of carbonyl (C=O) groups is 2. The third kappa shape index (κ3) is 3.56. The summed E-state index contributed by atoms with van der Waals surface area (Å²) >= 11 is 0. The van der Waals surface area contributed by atoms with Crippen molar-refractivity contribution in [2.24, 2.45) is 5.92 Å². The molecule has 0 spiro atoms. The summed E-state index contributed by atoms with van der Waals surface area (Å²) in [4.78, 5) is 45.1. The molecule has 0 aromatic heterocycles. The SMILES string of the molecule is COc1ccccc1CN1C(=O)[C@@H]2[C@@H](ON(c3ccccc3)[C@H]2c2cccc([N+](=O)[O-])c2)C1=O. The third-order valence-corrected chi connectivity index (χ3v) is 6.16. The molecule has 2 heterocycles. The van der Waals surface area contributed by atoms with Gasteiger partial charge in [0.25, 0.3) is 11.6 Å². The predicted molar refractivity (Wildman–Crippen MR) is 122 cm³/mol. The van der Waals surface area contributed by atoms with Crippen LogP contribution < -0.4 is 9.80 Å². The summed E-state index contributed by atoms with van der Waals surface area (Å²) < 4.78 is 5.37. The van der Waals surface area contributed by atoms with Gasteiger partial charge in [0.2, 0.25) is 5.91 Å². The van der Waals surface area contributed by atoms with E-state index in [4.69, 9.17) is 9.57 Å². The number of fused-ring (bicyclic) bond motifs is 1. The highest BCUT2D eigenvalue weighted by atomic mass is 16.7. The van der Waals surface area contributed by atoms with Crippen molar-refractivity contribution >= 4 is 23.2 Å². The molecule has 2 fully saturated rings. The number of hydrogen-bond donors (Lipinski definition) is 0. The molecule has 0 bridgehead atoms. The Kier molecular flexibility index (Phi) is 5.46. The normalized spacial score (nSPS) is 21.6. The van der Waals surface area contributed by atoms with Crippen molar-refractivity contribution in [3.05, 3.63) is 100 Å². The molecule has 2 aliphatic heterocycles. The third-order valence-electron chi connectivity index (χ3n) is 6.16. The number of carbonyl (C=O) groups excluding carboxylic acids is 2. The number of nitro benzene ring substituents is 1. The first-order valence-electron chi connectivity index (χ1n) is 10.7. The number of likely N-dealkylation sites (tertiary alicyclic amines) is 1. The molecule has 2 amide bonds. The van der Waals surface area contributed by atoms with E-state index >= 15 is 0 Å². The highest BCUT2D eigenvalue weighted by molar-refractivity contribution is 6.07. The lowest BCUT2D eigenvalue weighted by Gasteiger charge is -2.28. The number of methoxy groups -OCH3 is 1. The Hall–Kier alpha value is -4.24. The average molecular weight is 459 g/mol. The summed E-state index contributed by atoms with van der Waals surface area (Å²) in [5.74, 6) is -1.13. The van der Waals surface area contributed by atoms with Gasteiger partial charge in [0.1, 0.15) is 11.7 Å². The number of non-ortho nitro benzene ring substituents is 1. The van der Waals surface area contributed by atoms with Gasteiger partial charge in [-0.1, -0.05) is 48.5 Å². The predicted octanol–water partition coefficient (Wildman–Crippen LogP) is 3.65. The van der Waals surface area contributed by atoms with Gasteiger partial charge in [-0.2, -0.15) is 0 Å². The molecule has 5 rings (SSSR count). The Morgan fingerprint density at radius 3 is 2.44 bits per heavy atom. The molecule has 9 nitrogen and oxygen atoms in total. The van der Waals surface area contributed by atoms with Crippen LogP contribution >= 0.6 is 0 Å². The number of benzene rings is 3. The molecule has 0 aliphatic carbocycles. The van der Waals surface area contributed by atoms with Gasteiger partial charge in [0.15, 0.2) is 6.10 Å². The van der Waals surface area contributed by atoms with Crippen LogP contribution in [0.1, 0.15) is 17.2 Å². The van der Waals surface area contributed by atoms with Gasteiger partial charge in [-0.15, -0.1) is 0 Å². The topological polar surface area (TPSA) is 102 Å². The Balaban J connectivity index is 1.54. The smallest absolute Gasteiger partial charge is 0.269 e. The molecular formula is C25H21N3O6. The van der Waals surface area contributed by atoms with Crippen LogP contribution in [-0.2, 0) is 21.0 Å². The monoisotopic (exact) mass is 459 g/mol. The van der Waals surface area contributed by atoms with E-state index in [1.54, 1.807) is 36.4 Å². The van der Waals surface area contributed by atoms with E-state index in [0.29, 0.717) is 22.6 Å². The first-order valence-corrected chi connectivity index (χ1v) is 10.7. The fourth-order valence-corrected chi connectivity index (χ4v) is 4.59. The highest BCUT2D eigenvalue weighted by Gasteiger charge is 2.60. The number of rotatable bonds is 6. The van der Waals surface area contributed by atoms with Gasteiger partial charge >= 0.3 is 0 Å². The van der Waals surface area contributed by atoms with E-state index in [-0.39, 0.29) is 12.2 Å². The van der Waals surface area contributed by atoms with Gasteiger partial charge in [0, 0.05) is 17.7 Å². The van der Waals surface area contributed by atoms with Crippen molar-refractivity contribution in [3.8, 4) is 5.75 Å². The molecule has 3 aromatic rings. The summed E-state index contributed by atoms with van der Waals surface area (Å²) in [6, 6.07) is 21.6. The molecular weight excluding hydrogens is 438 g/mol. The van der Waals surface area contributed by atoms with Gasteiger partial charge in [-0.3, -0.25) is 29.4 Å². The highest BCUT2D eigenvalue weighted by Crippen LogP contribution is 2.47. The van der Waals surface area contributed by atoms with Crippen molar-refractivity contribution < 1.29 is 24.1 Å². The number of nitro groups is 1. The summed E-state index contributed by atoms with van der Waals surface area (Å²) in [6.45, 7) is 0.0467. The summed E-state index contributed by atoms with van der Waals surface area (Å²) in [5, 5.41) is 12.9. The number of imide groups is 1. The van der Waals surface area contributed by atoms with Crippen molar-refractivity contribution in [2.45, 2.75) is 18.7 Å². The van der Waals surface area contributed by atoms with Crippen LogP contribution in [-0.4, -0.2) is 34.9 Å². The lowest BCUT2D eigenvalue weighted by Crippen LogP contribution is -2.37. The number of hydroxylamine groups is 1. The average Bonchev–Trinajstić information content (AvgIpc) is 3.37. The minimum absolute atomic E-state index is 0.0467. The van der Waals surface area contributed by atoms with Crippen molar-refractivity contribution in [1.29, 1.82) is 0 Å². The fourth-order valence-electron chi connectivity index (χ4n) is 4.59. The maximum atomic E-state index is 13.6. The van der Waals surface area contributed by atoms with Gasteiger partial charge < -0.3 is 4.74 Å². The van der Waals surface area contributed by atoms with Crippen LogP contribution in [0.5, 0.6) is 5.75 Å². The lowest BCUT2D eigenvalue weighted by atomic mass is 9.90. The van der Waals surface area contributed by atoms with Crippen LogP contribution in [0.2, 0.25) is 0 Å². The van der Waals surface area contributed by atoms with Crippen LogP contribution in [0.4, 0.5) is 11.4 Å². The van der Waals surface area contributed by atoms with E-state index in [2.05, 4.69) is 0 Å². The number of ether oxygens (including phenoxy) is 1. The second kappa shape index (κ2) is 8.60. The fraction of sp³-hybridized carbons (Fsp3) is 0.200. The zero-order chi connectivity index (χ0) is 23.8. The Bertz CT molecular complexity index is 1260. The Labute approximate surface area is 195 Å². The zero-order valence-corrected chi connectivity index (χ0v) is 18.2. The first-order chi connectivity index (χ1) is 16.5. The van der Waals surface area contributed by atoms with Gasteiger partial charge in [-0.25, -0.2) is 5.06 Å². The summed E-state index contributed by atoms with van der Waals surface area (Å²) in [5.41, 5.74) is 1.76. The number of anilines is 1. The number of nitrogens with zero attached hydrogens (tertiary/aromatic N) is 3. The van der Waals surface area contributed by atoms with Crippen molar-refractivity contribution in [2.75, 3.05) is 12.2 Å². The molecule has 172 valence electrons. The van der Waals surface area contributed by atoms with E-state index < -0.39 is 34.8 Å². The van der Waals surface area contributed by atoms with Crippen LogP contribution in [0.15, 0.2) is 78.9 Å². The first kappa shape index (κ1) is 21.6. The summed E-state index contributed by atoms with van der Waals surface area (Å²) in [7, 11) is 1.53. The Morgan fingerprint density at radius 1 is 0.971 bits per heavy atom. The minimum Gasteiger partial charge on any atom is -0.496 e. The number of hydrogen-bond acceptors (Lipinski definition) is 7. The molecule has 0 N–H and O–H groups in total. The Morgan fingerprint density at radius 2 is 1.71 bits per heavy atom. The van der Waals surface area contributed by atoms with Gasteiger partial charge in [0.05, 0.1) is 30.3 Å². The molecule has 0 unspecified atom stereocenters. The molecule has 3 aromatic carbocycles. The van der Waals surface area contributed by atoms with Crippen molar-refractivity contribution in [3.63, 3.8) is 0 Å². The number of amides is 2. The van der Waals surface area contributed by atoms with E-state index in [1.807, 2.05) is 30.3 Å². The van der Waals surface area contributed by atoms with E-state index in [9.17, 15) is 19.7 Å². The zero-order valence-electron chi connectivity index (χ0n) is 18.2. The standard InChI is InChI=1S/C25H21N3O6/c1-33-20-13-6-5-8-17(20)15-26-24(29)21-22(16-9-7-12-19(14-16)28(31)32)27(34-23(21)25(26)30)18-10-3-2-4-11-18/h2-14,21-23H,15H2,1H3/t21-,22-,23+/m0/s1. The number of para-hydroxylation sites is 2. The maximum Gasteiger partial charge on any atom is 0.269 e. The molecule has 9 heteroatoms. The van der Waals surface area contributed by atoms with Crippen LogP contribution in [0.3, 0.4) is 0 Å². The van der Waals surface area contributed by atoms with Crippen molar-refractivity contribution in [1.82, 2.24) is 4.90 Å². The molecule has 2 saturated heterocycles. The molecule has 0 saturated carbocycles. The molecule has 3 atom stereocenters.